The number of likely N-dealkylation sites (tertiary alicyclic amines) is 1. The van der Waals surface area contributed by atoms with Crippen molar-refractivity contribution in [3.05, 3.63) is 134 Å². The number of halogens is 2. The van der Waals surface area contributed by atoms with Gasteiger partial charge >= 0.3 is 0 Å². The number of amides is 2. The highest BCUT2D eigenvalue weighted by molar-refractivity contribution is 6.01. The first-order chi connectivity index (χ1) is 34.7. The van der Waals surface area contributed by atoms with Crippen LogP contribution in [0.3, 0.4) is 0 Å². The first-order valence-electron chi connectivity index (χ1n) is 25.1. The zero-order valence-electron chi connectivity index (χ0n) is 41.6. The SMILES string of the molecule is CNc1cc(=O)n(-c2ccnc3c2cc(C(C)N2CC=C(c4c(C)cc(C(=O)CC5CCn6nc(CN7CCC(c8ccc(NC9CCC(=O)NC9=O)c(OC)c8)CC7)cc6C5)cc4F)CC2)n3C)cc1F. The summed E-state index contributed by atoms with van der Waals surface area (Å²) in [5.74, 6) is -0.308. The van der Waals surface area contributed by atoms with E-state index in [2.05, 4.69) is 66.6 Å². The van der Waals surface area contributed by atoms with Crippen molar-refractivity contribution in [2.45, 2.75) is 96.3 Å². The third kappa shape index (κ3) is 9.71. The Labute approximate surface area is 417 Å². The third-order valence-corrected chi connectivity index (χ3v) is 15.5. The second-order valence-corrected chi connectivity index (χ2v) is 20.0. The van der Waals surface area contributed by atoms with Crippen LogP contribution < -0.4 is 26.2 Å². The van der Waals surface area contributed by atoms with Gasteiger partial charge in [-0.3, -0.25) is 43.5 Å². The van der Waals surface area contributed by atoms with Crippen LogP contribution in [0.5, 0.6) is 5.75 Å². The van der Waals surface area contributed by atoms with Crippen LogP contribution in [0.1, 0.15) is 108 Å². The first kappa shape index (κ1) is 48.6. The van der Waals surface area contributed by atoms with Gasteiger partial charge in [0.15, 0.2) is 11.6 Å². The van der Waals surface area contributed by atoms with Crippen molar-refractivity contribution in [3.63, 3.8) is 0 Å². The van der Waals surface area contributed by atoms with Gasteiger partial charge < -0.3 is 19.9 Å². The van der Waals surface area contributed by atoms with Crippen LogP contribution in [-0.4, -0.2) is 97.7 Å². The molecule has 2 saturated heterocycles. The van der Waals surface area contributed by atoms with Crippen molar-refractivity contribution in [1.29, 1.82) is 0 Å². The number of carbonyl (C=O) groups is 3. The average molecular weight is 981 g/mol. The van der Waals surface area contributed by atoms with Crippen LogP contribution in [0, 0.1) is 24.5 Å². The predicted octanol–water partition coefficient (Wildman–Crippen LogP) is 7.84. The first-order valence-corrected chi connectivity index (χ1v) is 25.1. The highest BCUT2D eigenvalue weighted by Crippen LogP contribution is 2.37. The second kappa shape index (κ2) is 20.3. The lowest BCUT2D eigenvalue weighted by molar-refractivity contribution is -0.133. The molecule has 0 bridgehead atoms. The number of ether oxygens (including phenoxy) is 1. The van der Waals surface area contributed by atoms with Crippen LogP contribution in [0.25, 0.3) is 22.3 Å². The molecule has 4 aromatic heterocycles. The molecule has 10 rings (SSSR count). The van der Waals surface area contributed by atoms with Crippen LogP contribution in [0.15, 0.2) is 77.9 Å². The average Bonchev–Trinajstić information content (AvgIpc) is 3.94. The number of hydrogen-bond donors (Lipinski definition) is 3. The molecule has 2 amide bonds. The number of aromatic nitrogens is 5. The fraction of sp³-hybridized carbons (Fsp3) is 0.418. The third-order valence-electron chi connectivity index (χ3n) is 15.5. The number of anilines is 2. The number of methoxy groups -OCH3 is 1. The van der Waals surface area contributed by atoms with Gasteiger partial charge in [-0.1, -0.05) is 12.1 Å². The van der Waals surface area contributed by atoms with Gasteiger partial charge in [0.1, 0.15) is 23.3 Å². The molecule has 8 heterocycles. The molecule has 376 valence electrons. The van der Waals surface area contributed by atoms with Gasteiger partial charge in [0.25, 0.3) is 5.56 Å². The van der Waals surface area contributed by atoms with E-state index in [1.54, 1.807) is 26.4 Å². The molecule has 15 nitrogen and oxygen atoms in total. The van der Waals surface area contributed by atoms with Crippen molar-refractivity contribution >= 4 is 45.6 Å². The zero-order valence-corrected chi connectivity index (χ0v) is 41.6. The molecule has 3 unspecified atom stereocenters. The summed E-state index contributed by atoms with van der Waals surface area (Å²) in [6.07, 6.45) is 10.2. The summed E-state index contributed by atoms with van der Waals surface area (Å²) in [6.45, 7) is 8.65. The van der Waals surface area contributed by atoms with E-state index in [9.17, 15) is 23.6 Å². The maximum atomic E-state index is 16.1. The van der Waals surface area contributed by atoms with Gasteiger partial charge in [-0.15, -0.1) is 0 Å². The smallest absolute Gasteiger partial charge is 0.257 e. The van der Waals surface area contributed by atoms with E-state index in [1.165, 1.54) is 28.5 Å². The van der Waals surface area contributed by atoms with Gasteiger partial charge in [-0.2, -0.15) is 5.10 Å². The Morgan fingerprint density at radius 2 is 1.76 bits per heavy atom. The Kier molecular flexibility index (Phi) is 13.7. The molecule has 0 aliphatic carbocycles. The largest absolute Gasteiger partial charge is 0.495 e. The predicted molar refractivity (Wildman–Crippen MR) is 273 cm³/mol. The molecule has 2 fully saturated rings. The molecular weight excluding hydrogens is 919 g/mol. The molecule has 0 saturated carbocycles. The maximum absolute atomic E-state index is 16.1. The van der Waals surface area contributed by atoms with Gasteiger partial charge in [0, 0.05) is 99.3 Å². The van der Waals surface area contributed by atoms with Gasteiger partial charge in [-0.05, 0) is 136 Å². The summed E-state index contributed by atoms with van der Waals surface area (Å²) in [7, 11) is 5.14. The number of nitrogens with zero attached hydrogens (tertiary/aromatic N) is 7. The number of pyridine rings is 2. The highest BCUT2D eigenvalue weighted by atomic mass is 19.1. The summed E-state index contributed by atoms with van der Waals surface area (Å²) in [5.41, 5.74) is 8.74. The molecule has 3 atom stereocenters. The summed E-state index contributed by atoms with van der Waals surface area (Å²) in [4.78, 5) is 60.1. The van der Waals surface area contributed by atoms with E-state index < -0.39 is 11.9 Å². The summed E-state index contributed by atoms with van der Waals surface area (Å²) < 4.78 is 42.0. The van der Waals surface area contributed by atoms with Crippen LogP contribution in [0.4, 0.5) is 20.2 Å². The summed E-state index contributed by atoms with van der Waals surface area (Å²) in [5, 5.41) is 14.1. The van der Waals surface area contributed by atoms with E-state index in [1.807, 2.05) is 36.7 Å². The molecule has 4 aliphatic rings. The Morgan fingerprint density at radius 1 is 0.944 bits per heavy atom. The van der Waals surface area contributed by atoms with Crippen molar-refractivity contribution in [2.24, 2.45) is 13.0 Å². The van der Waals surface area contributed by atoms with E-state index in [0.717, 1.165) is 91.2 Å². The fourth-order valence-corrected chi connectivity index (χ4v) is 11.4. The molecule has 2 aromatic carbocycles. The number of nitrogens with one attached hydrogen (secondary N) is 3. The molecule has 3 N–H and O–H groups in total. The minimum absolute atomic E-state index is 0.0438. The van der Waals surface area contributed by atoms with Crippen molar-refractivity contribution in [3.8, 4) is 11.4 Å². The summed E-state index contributed by atoms with van der Waals surface area (Å²) >= 11 is 0. The van der Waals surface area contributed by atoms with Crippen LogP contribution in [-0.2, 0) is 36.1 Å². The number of carbonyl (C=O) groups excluding carboxylic acids is 3. The monoisotopic (exact) mass is 980 g/mol. The second-order valence-electron chi connectivity index (χ2n) is 20.0. The molecule has 6 aromatic rings. The van der Waals surface area contributed by atoms with E-state index >= 15 is 4.39 Å². The highest BCUT2D eigenvalue weighted by Gasteiger charge is 2.30. The van der Waals surface area contributed by atoms with E-state index in [0.29, 0.717) is 72.9 Å². The molecule has 0 spiro atoms. The zero-order chi connectivity index (χ0) is 50.4. The van der Waals surface area contributed by atoms with Crippen LogP contribution >= 0.6 is 0 Å². The van der Waals surface area contributed by atoms with E-state index in [-0.39, 0.29) is 46.6 Å². The maximum Gasteiger partial charge on any atom is 0.257 e. The molecule has 0 radical (unpaired) electrons. The lowest BCUT2D eigenvalue weighted by Crippen LogP contribution is -2.47. The number of Topliss-reactive ketones (excluding diaryl/α,β-unsaturated/α-hetero) is 1. The number of ketones is 1. The minimum atomic E-state index is -0.534. The van der Waals surface area contributed by atoms with Gasteiger partial charge in [0.05, 0.1) is 36.1 Å². The Bertz CT molecular complexity index is 3160. The standard InChI is InChI=1S/C55H62F2N10O5/c1-32-22-38(25-42(56)53(32)36-14-19-65(20-15-36)33(2)48-28-41-47(10-16-59-54(41)63(48)4)66-31-43(57)46(58-3)29-52(66)70)49(68)24-34-11-21-67-40(23-34)27-39(62-67)30-64-17-12-35(13-18-64)37-6-7-44(50(26-37)72-5)60-45-8-9-51(69)61-55(45)71/h6-7,10,14,16,22,25-29,31,33-35,45,58,60H,8-9,11-13,15,17-21,23-24,30H2,1-5H3,(H,61,69,71). The quantitative estimate of drug-likeness (QED) is 0.0721. The molecule has 72 heavy (non-hydrogen) atoms. The normalized spacial score (nSPS) is 19.5. The number of aryl methyl sites for hydroxylation is 3. The topological polar surface area (TPSA) is 161 Å². The number of rotatable bonds is 14. The number of fused-ring (bicyclic) bond motifs is 2. The Morgan fingerprint density at radius 3 is 2.50 bits per heavy atom. The van der Waals surface area contributed by atoms with Crippen molar-refractivity contribution in [2.75, 3.05) is 51.0 Å². The minimum Gasteiger partial charge on any atom is -0.495 e. The van der Waals surface area contributed by atoms with Gasteiger partial charge in [0.2, 0.25) is 11.8 Å². The number of imide groups is 1. The molecule has 4 aliphatic heterocycles. The Hall–Kier alpha value is -6.98. The number of benzene rings is 2. The van der Waals surface area contributed by atoms with E-state index in [4.69, 9.17) is 9.84 Å². The van der Waals surface area contributed by atoms with Gasteiger partial charge in [-0.25, -0.2) is 13.8 Å². The molecular formula is C55H62F2N10O5. The number of piperidine rings is 2. The van der Waals surface area contributed by atoms with Crippen molar-refractivity contribution in [1.82, 2.24) is 39.0 Å². The Balaban J connectivity index is 0.726. The lowest BCUT2D eigenvalue weighted by atomic mass is 9.87. The van der Waals surface area contributed by atoms with Crippen molar-refractivity contribution < 1.29 is 27.9 Å². The summed E-state index contributed by atoms with van der Waals surface area (Å²) in [6, 6.07) is 16.0. The lowest BCUT2D eigenvalue weighted by Gasteiger charge is -2.32. The number of hydrogen-bond acceptors (Lipinski definition) is 11. The molecule has 17 heteroatoms. The van der Waals surface area contributed by atoms with Crippen LogP contribution in [0.2, 0.25) is 0 Å². The fourth-order valence-electron chi connectivity index (χ4n) is 11.4.